The highest BCUT2D eigenvalue weighted by molar-refractivity contribution is 7.83. The van der Waals surface area contributed by atoms with Crippen molar-refractivity contribution < 1.29 is 18.5 Å². The second-order valence-electron chi connectivity index (χ2n) is 7.66. The van der Waals surface area contributed by atoms with E-state index < -0.39 is 24.3 Å². The van der Waals surface area contributed by atoms with E-state index >= 15 is 4.57 Å². The Morgan fingerprint density at radius 3 is 2.00 bits per heavy atom. The van der Waals surface area contributed by atoms with E-state index in [2.05, 4.69) is 5.32 Å². The number of benzene rings is 2. The maximum absolute atomic E-state index is 15.1. The van der Waals surface area contributed by atoms with E-state index in [1.807, 2.05) is 60.7 Å². The fourth-order valence-electron chi connectivity index (χ4n) is 4.21. The Kier molecular flexibility index (Phi) is 5.28. The molecule has 0 saturated carbocycles. The summed E-state index contributed by atoms with van der Waals surface area (Å²) >= 11 is 5.72. The molecule has 8 heteroatoms. The number of hydrogen-bond acceptors (Lipinski definition) is 5. The molecule has 2 aromatic carbocycles. The highest BCUT2D eigenvalue weighted by atomic mass is 32.1. The molecule has 2 atom stereocenters. The normalized spacial score (nSPS) is 23.5. The van der Waals surface area contributed by atoms with Gasteiger partial charge in [0.15, 0.2) is 10.7 Å². The summed E-state index contributed by atoms with van der Waals surface area (Å²) in [7, 11) is -2.24. The van der Waals surface area contributed by atoms with Crippen molar-refractivity contribution in [3.8, 4) is 0 Å². The Balaban J connectivity index is 2.06. The lowest BCUT2D eigenvalue weighted by Gasteiger charge is -2.44. The van der Waals surface area contributed by atoms with Gasteiger partial charge in [-0.25, -0.2) is 4.79 Å². The van der Waals surface area contributed by atoms with Crippen LogP contribution in [0.2, 0.25) is 0 Å². The first kappa shape index (κ1) is 21.3. The van der Waals surface area contributed by atoms with E-state index in [1.165, 1.54) is 13.4 Å². The third-order valence-electron chi connectivity index (χ3n) is 6.04. The van der Waals surface area contributed by atoms with E-state index in [4.69, 9.17) is 21.4 Å². The number of thiocarbonyl (C=S) groups is 1. The maximum Gasteiger partial charge on any atom is 0.334 e. The van der Waals surface area contributed by atoms with Gasteiger partial charge in [-0.2, -0.15) is 0 Å². The molecule has 0 radical (unpaired) electrons. The van der Waals surface area contributed by atoms with Gasteiger partial charge in [-0.05, 0) is 62.5 Å². The van der Waals surface area contributed by atoms with Crippen molar-refractivity contribution in [3.05, 3.63) is 84.8 Å². The van der Waals surface area contributed by atoms with E-state index in [0.717, 1.165) is 0 Å². The molecule has 0 aliphatic carbocycles. The molecule has 1 aliphatic heterocycles. The number of esters is 1. The van der Waals surface area contributed by atoms with Gasteiger partial charge in [0.2, 0.25) is 7.29 Å². The standard InChI is InChI=1S/C23H23N2O4PS/c1-22(20(26)28-3)23(2,19-15-10-16-29-19)25(21(31)24-22)30(27,17-11-6-4-7-12-17)18-13-8-5-9-14-18/h4-16H,1-3H3,(H,24,31)/t22-,23+/m1/s1. The highest BCUT2D eigenvalue weighted by Crippen LogP contribution is 2.60. The van der Waals surface area contributed by atoms with Gasteiger partial charge in [-0.15, -0.1) is 0 Å². The van der Waals surface area contributed by atoms with Crippen molar-refractivity contribution in [1.29, 1.82) is 0 Å². The van der Waals surface area contributed by atoms with Crippen molar-refractivity contribution >= 4 is 41.2 Å². The van der Waals surface area contributed by atoms with Crippen LogP contribution < -0.4 is 15.9 Å². The number of carbonyl (C=O) groups is 1. The lowest BCUT2D eigenvalue weighted by atomic mass is 9.79. The fourth-order valence-corrected chi connectivity index (χ4v) is 8.03. The van der Waals surface area contributed by atoms with Gasteiger partial charge in [0.25, 0.3) is 0 Å². The summed E-state index contributed by atoms with van der Waals surface area (Å²) in [4.78, 5) is 13.0. The zero-order chi connectivity index (χ0) is 22.3. The average Bonchev–Trinajstić information content (AvgIpc) is 3.41. The van der Waals surface area contributed by atoms with Gasteiger partial charge in [-0.1, -0.05) is 36.4 Å². The van der Waals surface area contributed by atoms with Gasteiger partial charge >= 0.3 is 5.97 Å². The Morgan fingerprint density at radius 1 is 1.00 bits per heavy atom. The molecule has 1 aromatic heterocycles. The van der Waals surface area contributed by atoms with E-state index in [0.29, 0.717) is 16.4 Å². The van der Waals surface area contributed by atoms with Crippen LogP contribution in [0.4, 0.5) is 0 Å². The van der Waals surface area contributed by atoms with E-state index in [-0.39, 0.29) is 5.11 Å². The number of ether oxygens (including phenoxy) is 1. The second-order valence-corrected chi connectivity index (χ2v) is 10.6. The SMILES string of the molecule is COC(=O)[C@@]1(C)NC(=S)N(P(=O)(c2ccccc2)c2ccccc2)[C@@]1(C)c1ccco1. The van der Waals surface area contributed by atoms with Crippen LogP contribution in [-0.4, -0.2) is 28.4 Å². The summed E-state index contributed by atoms with van der Waals surface area (Å²) in [6, 6.07) is 21.8. The first-order valence-electron chi connectivity index (χ1n) is 9.76. The molecule has 2 heterocycles. The first-order chi connectivity index (χ1) is 14.8. The van der Waals surface area contributed by atoms with Gasteiger partial charge in [0.1, 0.15) is 11.3 Å². The summed E-state index contributed by atoms with van der Waals surface area (Å²) in [6.45, 7) is 3.49. The maximum atomic E-state index is 15.1. The van der Waals surface area contributed by atoms with Gasteiger partial charge < -0.3 is 14.5 Å². The topological polar surface area (TPSA) is 71.8 Å². The number of rotatable bonds is 5. The monoisotopic (exact) mass is 454 g/mol. The molecule has 0 unspecified atom stereocenters. The number of nitrogens with zero attached hydrogens (tertiary/aromatic N) is 1. The summed E-state index contributed by atoms with van der Waals surface area (Å²) in [6.07, 6.45) is 1.52. The van der Waals surface area contributed by atoms with E-state index in [1.54, 1.807) is 30.7 Å². The first-order valence-corrected chi connectivity index (χ1v) is 11.8. The summed E-state index contributed by atoms with van der Waals surface area (Å²) < 4.78 is 27.7. The number of hydrogen-bond donors (Lipinski definition) is 1. The Labute approximate surface area is 186 Å². The minimum Gasteiger partial charge on any atom is -0.467 e. The zero-order valence-electron chi connectivity index (χ0n) is 17.4. The summed E-state index contributed by atoms with van der Waals surface area (Å²) in [5.74, 6) is -0.0937. The molecule has 0 spiro atoms. The van der Waals surface area contributed by atoms with Gasteiger partial charge in [0.05, 0.1) is 13.4 Å². The molecular formula is C23H23N2O4PS. The lowest BCUT2D eigenvalue weighted by Crippen LogP contribution is -2.60. The Morgan fingerprint density at radius 2 is 1.55 bits per heavy atom. The van der Waals surface area contributed by atoms with Gasteiger partial charge in [0, 0.05) is 10.6 Å². The lowest BCUT2D eigenvalue weighted by molar-refractivity contribution is -0.150. The van der Waals surface area contributed by atoms with Crippen LogP contribution >= 0.6 is 19.5 Å². The third kappa shape index (κ3) is 2.95. The molecule has 3 aromatic rings. The number of nitrogens with one attached hydrogen (secondary N) is 1. The minimum absolute atomic E-state index is 0.183. The summed E-state index contributed by atoms with van der Waals surface area (Å²) in [5, 5.41) is 4.48. The third-order valence-corrected chi connectivity index (χ3v) is 9.61. The fraction of sp³-hybridized carbons (Fsp3) is 0.217. The molecule has 0 amide bonds. The van der Waals surface area contributed by atoms with Crippen LogP contribution in [0, 0.1) is 0 Å². The van der Waals surface area contributed by atoms with Crippen molar-refractivity contribution in [2.24, 2.45) is 0 Å². The van der Waals surface area contributed by atoms with Gasteiger partial charge in [-0.3, -0.25) is 9.24 Å². The molecule has 160 valence electrons. The Bertz CT molecular complexity index is 1110. The van der Waals surface area contributed by atoms with Crippen LogP contribution in [0.15, 0.2) is 83.5 Å². The van der Waals surface area contributed by atoms with Crippen molar-refractivity contribution in [3.63, 3.8) is 0 Å². The molecule has 1 saturated heterocycles. The second kappa shape index (κ2) is 7.66. The largest absolute Gasteiger partial charge is 0.467 e. The highest BCUT2D eigenvalue weighted by Gasteiger charge is 2.67. The summed E-state index contributed by atoms with van der Waals surface area (Å²) in [5.41, 5.74) is -2.60. The van der Waals surface area contributed by atoms with Crippen LogP contribution in [-0.2, 0) is 19.6 Å². The predicted octanol–water partition coefficient (Wildman–Crippen LogP) is 3.55. The number of carbonyl (C=O) groups excluding carboxylic acids is 1. The van der Waals surface area contributed by atoms with Crippen LogP contribution in [0.25, 0.3) is 0 Å². The van der Waals surface area contributed by atoms with Crippen LogP contribution in [0.3, 0.4) is 0 Å². The van der Waals surface area contributed by atoms with Crippen LogP contribution in [0.5, 0.6) is 0 Å². The van der Waals surface area contributed by atoms with Crippen molar-refractivity contribution in [2.75, 3.05) is 7.11 Å². The van der Waals surface area contributed by atoms with Crippen molar-refractivity contribution in [1.82, 2.24) is 9.99 Å². The van der Waals surface area contributed by atoms with Crippen LogP contribution in [0.1, 0.15) is 19.6 Å². The number of methoxy groups -OCH3 is 1. The molecule has 1 fully saturated rings. The molecule has 0 bridgehead atoms. The molecule has 6 nitrogen and oxygen atoms in total. The molecule has 4 rings (SSSR count). The molecule has 1 aliphatic rings. The molecule has 1 N–H and O–H groups in total. The van der Waals surface area contributed by atoms with Crippen molar-refractivity contribution in [2.45, 2.75) is 24.9 Å². The molecular weight excluding hydrogens is 431 g/mol. The van der Waals surface area contributed by atoms with E-state index in [9.17, 15) is 4.79 Å². The smallest absolute Gasteiger partial charge is 0.334 e. The minimum atomic E-state index is -3.56. The number of furan rings is 1. The average molecular weight is 454 g/mol. The molecule has 31 heavy (non-hydrogen) atoms. The quantitative estimate of drug-likeness (QED) is 0.359. The Hall–Kier alpha value is -2.89. The predicted molar refractivity (Wildman–Crippen MR) is 124 cm³/mol. The zero-order valence-corrected chi connectivity index (χ0v) is 19.2.